The first-order valence-electron chi connectivity index (χ1n) is 9.89. The summed E-state index contributed by atoms with van der Waals surface area (Å²) in [5, 5.41) is 17.0. The summed E-state index contributed by atoms with van der Waals surface area (Å²) in [5.74, 6) is -0.655. The molecule has 162 valence electrons. The Morgan fingerprint density at radius 3 is 2.53 bits per heavy atom. The van der Waals surface area contributed by atoms with E-state index in [-0.39, 0.29) is 17.1 Å². The Balaban J connectivity index is 1.71. The molecule has 32 heavy (non-hydrogen) atoms. The molecular formula is C23H19BrN4O3S. The molecule has 4 rings (SSSR count). The van der Waals surface area contributed by atoms with Crippen molar-refractivity contribution in [1.29, 1.82) is 5.26 Å². The number of amides is 1. The lowest BCUT2D eigenvalue weighted by Gasteiger charge is -2.09. The van der Waals surface area contributed by atoms with Crippen molar-refractivity contribution < 1.29 is 13.2 Å². The lowest BCUT2D eigenvalue weighted by Crippen LogP contribution is -2.36. The summed E-state index contributed by atoms with van der Waals surface area (Å²) >= 11 is 3.42. The summed E-state index contributed by atoms with van der Waals surface area (Å²) in [5.41, 5.74) is 2.77. The van der Waals surface area contributed by atoms with Gasteiger partial charge in [0.15, 0.2) is 9.84 Å². The fourth-order valence-corrected chi connectivity index (χ4v) is 5.45. The second-order valence-corrected chi connectivity index (χ2v) is 10.6. The number of benzene rings is 2. The largest absolute Gasteiger partial charge is 0.348 e. The van der Waals surface area contributed by atoms with Crippen LogP contribution in [0.5, 0.6) is 0 Å². The molecule has 1 saturated heterocycles. The van der Waals surface area contributed by atoms with Gasteiger partial charge in [-0.25, -0.2) is 13.1 Å². The maximum absolute atomic E-state index is 12.7. The predicted octanol–water partition coefficient (Wildman–Crippen LogP) is 3.51. The van der Waals surface area contributed by atoms with Crippen molar-refractivity contribution in [3.05, 3.63) is 76.4 Å². The Bertz CT molecular complexity index is 1320. The number of carbonyl (C=O) groups is 1. The van der Waals surface area contributed by atoms with Crippen molar-refractivity contribution in [2.45, 2.75) is 12.5 Å². The van der Waals surface area contributed by atoms with E-state index in [0.717, 1.165) is 15.7 Å². The average molecular weight is 511 g/mol. The Labute approximate surface area is 194 Å². The predicted molar refractivity (Wildman–Crippen MR) is 125 cm³/mol. The first kappa shape index (κ1) is 22.0. The van der Waals surface area contributed by atoms with Crippen molar-refractivity contribution in [3.63, 3.8) is 0 Å². The second-order valence-electron chi connectivity index (χ2n) is 7.46. The fraction of sp³-hybridized carbons (Fsp3) is 0.174. The highest BCUT2D eigenvalue weighted by Gasteiger charge is 2.29. The van der Waals surface area contributed by atoms with Crippen LogP contribution in [0.15, 0.2) is 70.8 Å². The summed E-state index contributed by atoms with van der Waals surface area (Å²) in [6, 6.07) is 18.5. The molecule has 1 unspecified atom stereocenters. The molecule has 0 bridgehead atoms. The van der Waals surface area contributed by atoms with Crippen LogP contribution in [0.25, 0.3) is 23.0 Å². The zero-order valence-corrected chi connectivity index (χ0v) is 19.3. The minimum Gasteiger partial charge on any atom is -0.348 e. The highest BCUT2D eigenvalue weighted by molar-refractivity contribution is 9.10. The standard InChI is InChI=1S/C23H19BrN4O3S/c24-19-8-6-16(7-9-19)22-18(14-28(27-22)21-4-2-1-3-5-21)12-17(13-25)23(29)26-20-10-11-32(30,31)15-20/h1-9,12,14,20H,10-11,15H2,(H,26,29). The summed E-state index contributed by atoms with van der Waals surface area (Å²) in [4.78, 5) is 12.7. The van der Waals surface area contributed by atoms with Crippen molar-refractivity contribution in [2.24, 2.45) is 0 Å². The van der Waals surface area contributed by atoms with Crippen LogP contribution in [0.2, 0.25) is 0 Å². The third kappa shape index (κ3) is 4.98. The molecule has 1 aliphatic heterocycles. The molecule has 0 spiro atoms. The van der Waals surface area contributed by atoms with Crippen LogP contribution in [-0.2, 0) is 14.6 Å². The van der Waals surface area contributed by atoms with E-state index >= 15 is 0 Å². The smallest absolute Gasteiger partial charge is 0.262 e. The van der Waals surface area contributed by atoms with E-state index in [1.54, 1.807) is 10.9 Å². The molecule has 1 aromatic heterocycles. The number of nitrogens with one attached hydrogen (secondary N) is 1. The number of para-hydroxylation sites is 1. The number of halogens is 1. The van der Waals surface area contributed by atoms with Gasteiger partial charge in [-0.3, -0.25) is 4.79 Å². The van der Waals surface area contributed by atoms with Crippen LogP contribution in [0.3, 0.4) is 0 Å². The van der Waals surface area contributed by atoms with Gasteiger partial charge < -0.3 is 5.32 Å². The number of nitriles is 1. The Kier molecular flexibility index (Phi) is 6.26. The van der Waals surface area contributed by atoms with Gasteiger partial charge >= 0.3 is 0 Å². The Morgan fingerprint density at radius 1 is 1.19 bits per heavy atom. The van der Waals surface area contributed by atoms with Crippen LogP contribution in [-0.4, -0.2) is 41.7 Å². The molecule has 1 aliphatic rings. The molecule has 0 aliphatic carbocycles. The molecule has 7 nitrogen and oxygen atoms in total. The third-order valence-corrected chi connectivity index (χ3v) is 7.41. The van der Waals surface area contributed by atoms with Gasteiger partial charge in [0.1, 0.15) is 11.6 Å². The average Bonchev–Trinajstić information content (AvgIpc) is 3.35. The number of aromatic nitrogens is 2. The van der Waals surface area contributed by atoms with Gasteiger partial charge in [0, 0.05) is 27.8 Å². The van der Waals surface area contributed by atoms with Crippen molar-refractivity contribution >= 4 is 37.8 Å². The fourth-order valence-electron chi connectivity index (χ4n) is 3.51. The number of hydrogen-bond acceptors (Lipinski definition) is 5. The summed E-state index contributed by atoms with van der Waals surface area (Å²) in [6.07, 6.45) is 3.60. The zero-order valence-electron chi connectivity index (χ0n) is 16.9. The molecule has 2 heterocycles. The first-order valence-corrected chi connectivity index (χ1v) is 12.5. The van der Waals surface area contributed by atoms with Gasteiger partial charge in [-0.1, -0.05) is 46.3 Å². The van der Waals surface area contributed by atoms with E-state index in [1.165, 1.54) is 6.08 Å². The number of nitrogens with zero attached hydrogens (tertiary/aromatic N) is 3. The van der Waals surface area contributed by atoms with E-state index in [1.807, 2.05) is 60.7 Å². The lowest BCUT2D eigenvalue weighted by atomic mass is 10.1. The molecule has 9 heteroatoms. The summed E-state index contributed by atoms with van der Waals surface area (Å²) in [7, 11) is -3.14. The maximum atomic E-state index is 12.7. The van der Waals surface area contributed by atoms with E-state index in [9.17, 15) is 18.5 Å². The van der Waals surface area contributed by atoms with Gasteiger partial charge in [0.05, 0.1) is 22.9 Å². The number of carbonyl (C=O) groups excluding carboxylic acids is 1. The molecule has 1 atom stereocenters. The zero-order chi connectivity index (χ0) is 22.7. The van der Waals surface area contributed by atoms with E-state index in [0.29, 0.717) is 17.7 Å². The van der Waals surface area contributed by atoms with Gasteiger partial charge in [-0.2, -0.15) is 10.4 Å². The van der Waals surface area contributed by atoms with Crippen LogP contribution in [0.4, 0.5) is 0 Å². The van der Waals surface area contributed by atoms with Gasteiger partial charge in [0.25, 0.3) is 5.91 Å². The van der Waals surface area contributed by atoms with Crippen LogP contribution in [0, 0.1) is 11.3 Å². The number of sulfone groups is 1. The quantitative estimate of drug-likeness (QED) is 0.417. The lowest BCUT2D eigenvalue weighted by molar-refractivity contribution is -0.117. The summed E-state index contributed by atoms with van der Waals surface area (Å²) < 4.78 is 26.0. The van der Waals surface area contributed by atoms with E-state index in [4.69, 9.17) is 0 Å². The molecular weight excluding hydrogens is 492 g/mol. The minimum absolute atomic E-state index is 0.0428. The molecule has 1 fully saturated rings. The topological polar surface area (TPSA) is 105 Å². The normalized spacial score (nSPS) is 17.6. The van der Waals surface area contributed by atoms with Gasteiger partial charge in [-0.05, 0) is 36.8 Å². The second kappa shape index (κ2) is 9.10. The monoisotopic (exact) mass is 510 g/mol. The van der Waals surface area contributed by atoms with Crippen molar-refractivity contribution in [1.82, 2.24) is 15.1 Å². The Hall–Kier alpha value is -3.22. The van der Waals surface area contributed by atoms with Gasteiger partial charge in [0.2, 0.25) is 0 Å². The first-order chi connectivity index (χ1) is 15.3. The van der Waals surface area contributed by atoms with E-state index in [2.05, 4.69) is 26.3 Å². The van der Waals surface area contributed by atoms with Crippen LogP contribution in [0.1, 0.15) is 12.0 Å². The maximum Gasteiger partial charge on any atom is 0.262 e. The third-order valence-electron chi connectivity index (χ3n) is 5.11. The summed E-state index contributed by atoms with van der Waals surface area (Å²) in [6.45, 7) is 0. The molecule has 2 aromatic carbocycles. The van der Waals surface area contributed by atoms with Crippen LogP contribution < -0.4 is 5.32 Å². The molecule has 3 aromatic rings. The highest BCUT2D eigenvalue weighted by Crippen LogP contribution is 2.27. The van der Waals surface area contributed by atoms with E-state index < -0.39 is 21.8 Å². The van der Waals surface area contributed by atoms with Gasteiger partial charge in [-0.15, -0.1) is 0 Å². The molecule has 0 saturated carbocycles. The highest BCUT2D eigenvalue weighted by atomic mass is 79.9. The number of hydrogen-bond donors (Lipinski definition) is 1. The number of rotatable bonds is 5. The minimum atomic E-state index is -3.14. The van der Waals surface area contributed by atoms with Crippen LogP contribution >= 0.6 is 15.9 Å². The molecule has 0 radical (unpaired) electrons. The molecule has 1 N–H and O–H groups in total. The molecule has 1 amide bonds. The van der Waals surface area contributed by atoms with Crippen molar-refractivity contribution in [2.75, 3.05) is 11.5 Å². The SMILES string of the molecule is N#CC(=Cc1cn(-c2ccccc2)nc1-c1ccc(Br)cc1)C(=O)NC1CCS(=O)(=O)C1. The van der Waals surface area contributed by atoms with Crippen molar-refractivity contribution in [3.8, 4) is 23.0 Å². The Morgan fingerprint density at radius 2 is 1.91 bits per heavy atom.